The molecule has 1 fully saturated rings. The Morgan fingerprint density at radius 1 is 1.32 bits per heavy atom. The Bertz CT molecular complexity index is 472. The Labute approximate surface area is 134 Å². The predicted octanol–water partition coefficient (Wildman–Crippen LogP) is 4.00. The summed E-state index contributed by atoms with van der Waals surface area (Å²) in [6.07, 6.45) is 2.95. The van der Waals surface area contributed by atoms with Crippen LogP contribution in [0.5, 0.6) is 0 Å². The standard InChI is InChI=1S/C19H29NO2/c1-14(2)12-17(16-8-5-4-6-9-16)13-20-11-7-10-18(15(20)3)19(21)22/h4-6,8-9,14-15,17-18H,7,10-13H2,1-3H3,(H,21,22)/t15-,17?,18-/m0/s1. The van der Waals surface area contributed by atoms with Gasteiger partial charge < -0.3 is 5.11 Å². The van der Waals surface area contributed by atoms with Crippen LogP contribution in [0.1, 0.15) is 51.5 Å². The third-order valence-electron chi connectivity index (χ3n) is 4.92. The van der Waals surface area contributed by atoms with Crippen LogP contribution < -0.4 is 0 Å². The first-order valence-corrected chi connectivity index (χ1v) is 8.50. The lowest BCUT2D eigenvalue weighted by molar-refractivity contribution is -0.145. The number of hydrogen-bond acceptors (Lipinski definition) is 2. The molecule has 0 aliphatic carbocycles. The van der Waals surface area contributed by atoms with Crippen molar-refractivity contribution in [2.24, 2.45) is 11.8 Å². The Balaban J connectivity index is 2.11. The maximum Gasteiger partial charge on any atom is 0.308 e. The van der Waals surface area contributed by atoms with Gasteiger partial charge in [-0.2, -0.15) is 0 Å². The maximum absolute atomic E-state index is 11.4. The molecule has 3 heteroatoms. The predicted molar refractivity (Wildman–Crippen MR) is 90.0 cm³/mol. The Morgan fingerprint density at radius 2 is 2.00 bits per heavy atom. The summed E-state index contributed by atoms with van der Waals surface area (Å²) in [6.45, 7) is 8.58. The molecule has 3 atom stereocenters. The molecule has 122 valence electrons. The highest BCUT2D eigenvalue weighted by Gasteiger charge is 2.33. The molecule has 0 amide bonds. The Morgan fingerprint density at radius 3 is 2.59 bits per heavy atom. The zero-order valence-corrected chi connectivity index (χ0v) is 14.0. The number of piperidine rings is 1. The van der Waals surface area contributed by atoms with Crippen molar-refractivity contribution >= 4 is 5.97 Å². The number of carbonyl (C=O) groups is 1. The summed E-state index contributed by atoms with van der Waals surface area (Å²) in [4.78, 5) is 13.8. The van der Waals surface area contributed by atoms with Gasteiger partial charge in [0.15, 0.2) is 0 Å². The number of benzene rings is 1. The summed E-state index contributed by atoms with van der Waals surface area (Å²) in [5, 5.41) is 9.40. The highest BCUT2D eigenvalue weighted by atomic mass is 16.4. The van der Waals surface area contributed by atoms with Gasteiger partial charge in [-0.05, 0) is 50.1 Å². The number of likely N-dealkylation sites (tertiary alicyclic amines) is 1. The van der Waals surface area contributed by atoms with Crippen LogP contribution in [-0.4, -0.2) is 35.1 Å². The van der Waals surface area contributed by atoms with Crippen molar-refractivity contribution in [3.8, 4) is 0 Å². The molecule has 1 unspecified atom stereocenters. The summed E-state index contributed by atoms with van der Waals surface area (Å²) < 4.78 is 0. The topological polar surface area (TPSA) is 40.5 Å². The average Bonchev–Trinajstić information content (AvgIpc) is 2.48. The van der Waals surface area contributed by atoms with Crippen molar-refractivity contribution in [1.82, 2.24) is 4.90 Å². The molecule has 1 aromatic rings. The first-order chi connectivity index (χ1) is 10.5. The van der Waals surface area contributed by atoms with E-state index in [1.165, 1.54) is 5.56 Å². The molecular formula is C19H29NO2. The molecule has 1 aliphatic rings. The summed E-state index contributed by atoms with van der Waals surface area (Å²) >= 11 is 0. The van der Waals surface area contributed by atoms with E-state index >= 15 is 0 Å². The molecule has 1 aromatic carbocycles. The normalized spacial score (nSPS) is 24.4. The highest BCUT2D eigenvalue weighted by molar-refractivity contribution is 5.70. The van der Waals surface area contributed by atoms with Gasteiger partial charge >= 0.3 is 5.97 Å². The van der Waals surface area contributed by atoms with E-state index in [4.69, 9.17) is 0 Å². The van der Waals surface area contributed by atoms with Gasteiger partial charge in [0.1, 0.15) is 0 Å². The van der Waals surface area contributed by atoms with Gasteiger partial charge in [0.2, 0.25) is 0 Å². The van der Waals surface area contributed by atoms with Crippen molar-refractivity contribution in [1.29, 1.82) is 0 Å². The zero-order valence-electron chi connectivity index (χ0n) is 14.0. The van der Waals surface area contributed by atoms with Crippen molar-refractivity contribution in [2.45, 2.75) is 52.0 Å². The van der Waals surface area contributed by atoms with E-state index in [0.29, 0.717) is 11.8 Å². The quantitative estimate of drug-likeness (QED) is 0.863. The van der Waals surface area contributed by atoms with E-state index in [-0.39, 0.29) is 12.0 Å². The molecule has 1 N–H and O–H groups in total. The van der Waals surface area contributed by atoms with Gasteiger partial charge in [-0.15, -0.1) is 0 Å². The number of rotatable bonds is 6. The van der Waals surface area contributed by atoms with Crippen LogP contribution in [0.25, 0.3) is 0 Å². The molecule has 0 spiro atoms. The fourth-order valence-corrected chi connectivity index (χ4v) is 3.69. The molecule has 0 aromatic heterocycles. The zero-order chi connectivity index (χ0) is 16.1. The molecule has 1 heterocycles. The molecular weight excluding hydrogens is 274 g/mol. The van der Waals surface area contributed by atoms with Crippen LogP contribution in [0, 0.1) is 11.8 Å². The first kappa shape index (κ1) is 17.0. The lowest BCUT2D eigenvalue weighted by Gasteiger charge is -2.39. The lowest BCUT2D eigenvalue weighted by atomic mass is 9.86. The van der Waals surface area contributed by atoms with Crippen molar-refractivity contribution < 1.29 is 9.90 Å². The minimum Gasteiger partial charge on any atom is -0.481 e. The van der Waals surface area contributed by atoms with E-state index in [1.54, 1.807) is 0 Å². The van der Waals surface area contributed by atoms with Gasteiger partial charge in [0, 0.05) is 12.6 Å². The molecule has 1 saturated heterocycles. The fraction of sp³-hybridized carbons (Fsp3) is 0.632. The van der Waals surface area contributed by atoms with Gasteiger partial charge in [-0.25, -0.2) is 0 Å². The van der Waals surface area contributed by atoms with E-state index < -0.39 is 5.97 Å². The monoisotopic (exact) mass is 303 g/mol. The Hall–Kier alpha value is -1.35. The third kappa shape index (κ3) is 4.33. The van der Waals surface area contributed by atoms with Crippen LogP contribution >= 0.6 is 0 Å². The van der Waals surface area contributed by atoms with E-state index in [0.717, 1.165) is 32.4 Å². The second-order valence-corrected chi connectivity index (χ2v) is 7.06. The van der Waals surface area contributed by atoms with Crippen LogP contribution in [0.15, 0.2) is 30.3 Å². The maximum atomic E-state index is 11.4. The highest BCUT2D eigenvalue weighted by Crippen LogP contribution is 2.30. The van der Waals surface area contributed by atoms with E-state index in [9.17, 15) is 9.90 Å². The lowest BCUT2D eigenvalue weighted by Crippen LogP contribution is -2.47. The largest absolute Gasteiger partial charge is 0.481 e. The average molecular weight is 303 g/mol. The first-order valence-electron chi connectivity index (χ1n) is 8.50. The van der Waals surface area contributed by atoms with Crippen LogP contribution in [0.2, 0.25) is 0 Å². The molecule has 0 radical (unpaired) electrons. The molecule has 2 rings (SSSR count). The summed E-state index contributed by atoms with van der Waals surface area (Å²) in [6, 6.07) is 10.8. The van der Waals surface area contributed by atoms with Crippen molar-refractivity contribution in [2.75, 3.05) is 13.1 Å². The number of nitrogens with zero attached hydrogens (tertiary/aromatic N) is 1. The number of carboxylic acid groups (broad SMARTS) is 1. The number of aliphatic carboxylic acids is 1. The van der Waals surface area contributed by atoms with E-state index in [1.807, 2.05) is 0 Å². The van der Waals surface area contributed by atoms with Crippen LogP contribution in [0.4, 0.5) is 0 Å². The number of hydrogen-bond donors (Lipinski definition) is 1. The molecule has 0 bridgehead atoms. The summed E-state index contributed by atoms with van der Waals surface area (Å²) in [7, 11) is 0. The second-order valence-electron chi connectivity index (χ2n) is 7.06. The van der Waals surface area contributed by atoms with Gasteiger partial charge in [-0.3, -0.25) is 9.69 Å². The van der Waals surface area contributed by atoms with Gasteiger partial charge in [0.25, 0.3) is 0 Å². The fourth-order valence-electron chi connectivity index (χ4n) is 3.69. The van der Waals surface area contributed by atoms with E-state index in [2.05, 4.69) is 56.0 Å². The molecule has 22 heavy (non-hydrogen) atoms. The smallest absolute Gasteiger partial charge is 0.308 e. The molecule has 1 aliphatic heterocycles. The minimum atomic E-state index is -0.641. The number of carboxylic acids is 1. The van der Waals surface area contributed by atoms with Crippen molar-refractivity contribution in [3.63, 3.8) is 0 Å². The SMILES string of the molecule is CC(C)CC(CN1CCC[C@H](C(=O)O)[C@@H]1C)c1ccccc1. The second kappa shape index (κ2) is 7.77. The molecule has 0 saturated carbocycles. The van der Waals surface area contributed by atoms with Crippen LogP contribution in [0.3, 0.4) is 0 Å². The van der Waals surface area contributed by atoms with Crippen molar-refractivity contribution in [3.05, 3.63) is 35.9 Å². The minimum absolute atomic E-state index is 0.129. The van der Waals surface area contributed by atoms with Gasteiger partial charge in [0.05, 0.1) is 5.92 Å². The van der Waals surface area contributed by atoms with Gasteiger partial charge in [-0.1, -0.05) is 44.2 Å². The molecule has 3 nitrogen and oxygen atoms in total. The van der Waals surface area contributed by atoms with Crippen LogP contribution in [-0.2, 0) is 4.79 Å². The summed E-state index contributed by atoms with van der Waals surface area (Å²) in [5.74, 6) is 0.262. The third-order valence-corrected chi connectivity index (χ3v) is 4.92. The Kier molecular flexibility index (Phi) is 6.01. The summed E-state index contributed by atoms with van der Waals surface area (Å²) in [5.41, 5.74) is 1.38.